The van der Waals surface area contributed by atoms with Crippen LogP contribution < -0.4 is 5.32 Å². The second-order valence-corrected chi connectivity index (χ2v) is 21.7. The van der Waals surface area contributed by atoms with Crippen LogP contribution in [0.4, 0.5) is 0 Å². The van der Waals surface area contributed by atoms with Gasteiger partial charge in [0.1, 0.15) is 0 Å². The van der Waals surface area contributed by atoms with Crippen molar-refractivity contribution in [2.75, 3.05) is 13.2 Å². The van der Waals surface area contributed by atoms with Crippen molar-refractivity contribution in [3.8, 4) is 0 Å². The molecule has 1 amide bonds. The van der Waals surface area contributed by atoms with Crippen LogP contribution in [0.1, 0.15) is 348 Å². The third-order valence-corrected chi connectivity index (χ3v) is 14.7. The van der Waals surface area contributed by atoms with Gasteiger partial charge in [0.25, 0.3) is 0 Å². The lowest BCUT2D eigenvalue weighted by molar-refractivity contribution is -0.143. The predicted molar refractivity (Wildman–Crippen MR) is 306 cm³/mol. The van der Waals surface area contributed by atoms with Crippen LogP contribution >= 0.6 is 0 Å². The van der Waals surface area contributed by atoms with Crippen LogP contribution in [-0.4, -0.2) is 47.4 Å². The van der Waals surface area contributed by atoms with Crippen molar-refractivity contribution in [2.24, 2.45) is 0 Å². The van der Waals surface area contributed by atoms with E-state index in [1.165, 1.54) is 257 Å². The van der Waals surface area contributed by atoms with Crippen LogP contribution in [0.5, 0.6) is 0 Å². The van der Waals surface area contributed by atoms with Gasteiger partial charge in [-0.2, -0.15) is 0 Å². The number of rotatable bonds is 59. The van der Waals surface area contributed by atoms with Crippen molar-refractivity contribution in [3.05, 3.63) is 24.3 Å². The molecule has 0 aliphatic heterocycles. The molecule has 2 unspecified atom stereocenters. The molecule has 2 atom stereocenters. The zero-order valence-electron chi connectivity index (χ0n) is 47.3. The first-order valence-corrected chi connectivity index (χ1v) is 31.6. The Bertz CT molecular complexity index is 1090. The van der Waals surface area contributed by atoms with Crippen LogP contribution in [0.2, 0.25) is 0 Å². The summed E-state index contributed by atoms with van der Waals surface area (Å²) in [4.78, 5) is 24.5. The minimum atomic E-state index is -0.673. The summed E-state index contributed by atoms with van der Waals surface area (Å²) in [5, 5.41) is 23.4. The van der Waals surface area contributed by atoms with Crippen molar-refractivity contribution in [1.29, 1.82) is 0 Å². The van der Waals surface area contributed by atoms with E-state index < -0.39 is 12.1 Å². The van der Waals surface area contributed by atoms with Crippen LogP contribution in [0.3, 0.4) is 0 Å². The molecular weight excluding hydrogens is 863 g/mol. The summed E-state index contributed by atoms with van der Waals surface area (Å²) in [6.45, 7) is 4.94. The molecule has 0 aromatic carbocycles. The molecule has 0 rings (SSSR count). The minimum Gasteiger partial charge on any atom is -0.466 e. The molecule has 3 N–H and O–H groups in total. The van der Waals surface area contributed by atoms with Crippen LogP contribution in [0.15, 0.2) is 24.3 Å². The Morgan fingerprint density at radius 2 is 0.671 bits per heavy atom. The van der Waals surface area contributed by atoms with E-state index in [4.69, 9.17) is 4.74 Å². The van der Waals surface area contributed by atoms with Gasteiger partial charge < -0.3 is 20.3 Å². The highest BCUT2D eigenvalue weighted by molar-refractivity contribution is 5.76. The second-order valence-electron chi connectivity index (χ2n) is 21.7. The minimum absolute atomic E-state index is 0.0103. The molecule has 6 nitrogen and oxygen atoms in total. The van der Waals surface area contributed by atoms with E-state index in [2.05, 4.69) is 43.5 Å². The van der Waals surface area contributed by atoms with Crippen LogP contribution in [0.25, 0.3) is 0 Å². The van der Waals surface area contributed by atoms with E-state index in [1.807, 2.05) is 0 Å². The molecule has 0 fully saturated rings. The second kappa shape index (κ2) is 59.9. The smallest absolute Gasteiger partial charge is 0.305 e. The lowest BCUT2D eigenvalue weighted by Gasteiger charge is -2.22. The van der Waals surface area contributed by atoms with Gasteiger partial charge >= 0.3 is 5.97 Å². The van der Waals surface area contributed by atoms with Crippen LogP contribution in [0, 0.1) is 0 Å². The van der Waals surface area contributed by atoms with E-state index in [1.54, 1.807) is 0 Å². The fraction of sp³-hybridized carbons (Fsp3) is 0.906. The number of ether oxygens (including phenoxy) is 1. The van der Waals surface area contributed by atoms with Gasteiger partial charge in [0.05, 0.1) is 25.4 Å². The van der Waals surface area contributed by atoms with E-state index >= 15 is 0 Å². The number of allylic oxidation sites excluding steroid dienone is 4. The molecular formula is C64H123NO5. The summed E-state index contributed by atoms with van der Waals surface area (Å²) in [5.41, 5.74) is 0. The molecule has 0 aliphatic carbocycles. The molecule has 414 valence electrons. The number of carbonyl (C=O) groups is 2. The zero-order chi connectivity index (χ0) is 50.7. The van der Waals surface area contributed by atoms with Gasteiger partial charge in [-0.3, -0.25) is 9.59 Å². The molecule has 0 aliphatic rings. The Labute approximate surface area is 437 Å². The van der Waals surface area contributed by atoms with Crippen molar-refractivity contribution >= 4 is 11.9 Å². The maximum atomic E-state index is 12.5. The van der Waals surface area contributed by atoms with E-state index in [0.717, 1.165) is 57.8 Å². The van der Waals surface area contributed by atoms with Gasteiger partial charge in [0.15, 0.2) is 0 Å². The zero-order valence-corrected chi connectivity index (χ0v) is 47.3. The Kier molecular flexibility index (Phi) is 58.5. The van der Waals surface area contributed by atoms with Crippen molar-refractivity contribution in [2.45, 2.75) is 360 Å². The number of esters is 1. The molecule has 0 aromatic rings. The summed E-state index contributed by atoms with van der Waals surface area (Å²) >= 11 is 0. The maximum Gasteiger partial charge on any atom is 0.305 e. The molecule has 0 spiro atoms. The number of hydrogen-bond acceptors (Lipinski definition) is 5. The maximum absolute atomic E-state index is 12.5. The van der Waals surface area contributed by atoms with Gasteiger partial charge in [-0.05, 0) is 77.0 Å². The summed E-state index contributed by atoms with van der Waals surface area (Å²) in [6.07, 6.45) is 73.3. The third kappa shape index (κ3) is 55.7. The third-order valence-electron chi connectivity index (χ3n) is 14.7. The summed E-state index contributed by atoms with van der Waals surface area (Å²) in [5.74, 6) is -0.0540. The Morgan fingerprint density at radius 1 is 0.386 bits per heavy atom. The molecule has 0 saturated carbocycles. The first-order chi connectivity index (χ1) is 34.5. The molecule has 0 aromatic heterocycles. The molecule has 70 heavy (non-hydrogen) atoms. The van der Waals surface area contributed by atoms with E-state index in [-0.39, 0.29) is 18.5 Å². The lowest BCUT2D eigenvalue weighted by Crippen LogP contribution is -2.45. The van der Waals surface area contributed by atoms with Gasteiger partial charge in [-0.1, -0.05) is 282 Å². The fourth-order valence-corrected chi connectivity index (χ4v) is 9.87. The number of unbranched alkanes of at least 4 members (excludes halogenated alkanes) is 44. The molecule has 0 radical (unpaired) electrons. The number of aliphatic hydroxyl groups excluding tert-OH is 2. The highest BCUT2D eigenvalue weighted by Gasteiger charge is 2.20. The van der Waals surface area contributed by atoms with E-state index in [0.29, 0.717) is 25.9 Å². The quantitative estimate of drug-likeness (QED) is 0.0321. The molecule has 0 saturated heterocycles. The van der Waals surface area contributed by atoms with Crippen molar-refractivity contribution < 1.29 is 24.5 Å². The van der Waals surface area contributed by atoms with Gasteiger partial charge in [-0.15, -0.1) is 0 Å². The number of carbonyl (C=O) groups excluding carboxylic acids is 2. The SMILES string of the molecule is CCCCCC/C=C\CCCCCCCC(=O)OCCCCCCCC/C=C\CCCCCCCCCC(=O)NC(CO)C(O)CCCCCCCCCCCCCCCCCCCCCCCCC. The standard InChI is InChI=1S/C64H123NO5/c1-3-5-7-9-11-13-15-17-18-19-20-21-22-23-24-26-29-33-36-40-44-48-52-56-62(67)61(60-66)65-63(68)57-53-49-45-41-37-34-30-27-25-28-31-35-39-43-47-51-55-59-70-64(69)58-54-50-46-42-38-32-16-14-12-10-8-6-4-2/h14,16,25,28,61-62,66-67H,3-13,15,17-24,26-27,29-60H2,1-2H3,(H,65,68)/b16-14-,28-25-. The summed E-state index contributed by atoms with van der Waals surface area (Å²) in [6, 6.07) is -0.552. The van der Waals surface area contributed by atoms with Crippen molar-refractivity contribution in [3.63, 3.8) is 0 Å². The van der Waals surface area contributed by atoms with Gasteiger partial charge in [-0.25, -0.2) is 0 Å². The predicted octanol–water partition coefficient (Wildman–Crippen LogP) is 19.8. The average Bonchev–Trinajstić information content (AvgIpc) is 3.36. The highest BCUT2D eigenvalue weighted by Crippen LogP contribution is 2.18. The number of amides is 1. The van der Waals surface area contributed by atoms with Gasteiger partial charge in [0, 0.05) is 12.8 Å². The lowest BCUT2D eigenvalue weighted by atomic mass is 10.0. The Balaban J connectivity index is 3.45. The molecule has 6 heteroatoms. The van der Waals surface area contributed by atoms with Crippen LogP contribution in [-0.2, 0) is 14.3 Å². The topological polar surface area (TPSA) is 95.9 Å². The normalized spacial score (nSPS) is 12.7. The average molecular weight is 987 g/mol. The Hall–Kier alpha value is -1.66. The number of aliphatic hydroxyl groups is 2. The van der Waals surface area contributed by atoms with Gasteiger partial charge in [0.2, 0.25) is 5.91 Å². The van der Waals surface area contributed by atoms with Crippen molar-refractivity contribution in [1.82, 2.24) is 5.32 Å². The number of nitrogens with one attached hydrogen (secondary N) is 1. The monoisotopic (exact) mass is 986 g/mol. The summed E-state index contributed by atoms with van der Waals surface area (Å²) < 4.78 is 5.46. The number of hydrogen-bond donors (Lipinski definition) is 3. The highest BCUT2D eigenvalue weighted by atomic mass is 16.5. The molecule has 0 bridgehead atoms. The fourth-order valence-electron chi connectivity index (χ4n) is 9.87. The van der Waals surface area contributed by atoms with E-state index in [9.17, 15) is 19.8 Å². The Morgan fingerprint density at radius 3 is 1.03 bits per heavy atom. The first-order valence-electron chi connectivity index (χ1n) is 31.6. The first kappa shape index (κ1) is 68.3. The molecule has 0 heterocycles. The largest absolute Gasteiger partial charge is 0.466 e. The summed E-state index contributed by atoms with van der Waals surface area (Å²) in [7, 11) is 0.